The number of carbonyl (C=O) groups excluding carboxylic acids is 4. The fourth-order valence-electron chi connectivity index (χ4n) is 11.4. The molecule has 0 spiro atoms. The smallest absolute Gasteiger partial charge is 0.462 e. The topological polar surface area (TPSA) is 237 Å². The summed E-state index contributed by atoms with van der Waals surface area (Å²) in [6.07, 6.45) is 51.5. The number of esters is 4. The van der Waals surface area contributed by atoms with Crippen LogP contribution in [0.1, 0.15) is 382 Å². The fourth-order valence-corrected chi connectivity index (χ4v) is 13.0. The minimum absolute atomic E-state index is 0.104. The molecule has 0 aliphatic rings. The van der Waals surface area contributed by atoms with Crippen LogP contribution in [-0.4, -0.2) is 96.7 Å². The molecule has 558 valence electrons. The summed E-state index contributed by atoms with van der Waals surface area (Å²) in [5.41, 5.74) is 0. The molecule has 0 fully saturated rings. The maximum atomic E-state index is 13.1. The molecule has 0 rings (SSSR count). The molecule has 0 saturated heterocycles. The van der Waals surface area contributed by atoms with Crippen molar-refractivity contribution >= 4 is 39.5 Å². The Morgan fingerprint density at radius 1 is 0.287 bits per heavy atom. The van der Waals surface area contributed by atoms with Crippen molar-refractivity contribution in [2.24, 2.45) is 17.8 Å². The Kier molecular flexibility index (Phi) is 64.3. The van der Waals surface area contributed by atoms with Crippen molar-refractivity contribution in [2.45, 2.75) is 401 Å². The molecule has 3 N–H and O–H groups in total. The van der Waals surface area contributed by atoms with Crippen LogP contribution in [0.25, 0.3) is 0 Å². The number of rotatable bonds is 73. The Morgan fingerprint density at radius 2 is 0.489 bits per heavy atom. The van der Waals surface area contributed by atoms with E-state index in [2.05, 4.69) is 48.5 Å². The number of aliphatic hydroxyl groups excluding tert-OH is 1. The molecule has 0 aromatic carbocycles. The number of hydrogen-bond acceptors (Lipinski definition) is 15. The molecule has 0 amide bonds. The quantitative estimate of drug-likeness (QED) is 0.0222. The normalized spacial score (nSPS) is 14.1. The average molecular weight is 1380 g/mol. The summed E-state index contributed by atoms with van der Waals surface area (Å²) in [6, 6.07) is 0. The van der Waals surface area contributed by atoms with Crippen molar-refractivity contribution in [1.82, 2.24) is 0 Å². The van der Waals surface area contributed by atoms with Crippen LogP contribution < -0.4 is 0 Å². The van der Waals surface area contributed by atoms with E-state index in [1.165, 1.54) is 193 Å². The van der Waals surface area contributed by atoms with E-state index in [1.54, 1.807) is 0 Å². The molecule has 5 atom stereocenters. The third-order valence-corrected chi connectivity index (χ3v) is 19.3. The Labute approximate surface area is 575 Å². The summed E-state index contributed by atoms with van der Waals surface area (Å²) in [5.74, 6) is 0.161. The number of hydrogen-bond donors (Lipinski definition) is 3. The molecule has 0 heterocycles. The zero-order valence-corrected chi connectivity index (χ0v) is 63.2. The number of carbonyl (C=O) groups is 4. The zero-order valence-electron chi connectivity index (χ0n) is 61.4. The van der Waals surface area contributed by atoms with Gasteiger partial charge in [0.25, 0.3) is 0 Å². The van der Waals surface area contributed by atoms with Gasteiger partial charge >= 0.3 is 39.5 Å². The highest BCUT2D eigenvalue weighted by Gasteiger charge is 2.30. The first kappa shape index (κ1) is 92.1. The molecular weight excluding hydrogens is 1230 g/mol. The Hall–Kier alpha value is -1.94. The first-order chi connectivity index (χ1) is 45.2. The third kappa shape index (κ3) is 68.6. The lowest BCUT2D eigenvalue weighted by molar-refractivity contribution is -0.161. The van der Waals surface area contributed by atoms with E-state index >= 15 is 0 Å². The summed E-state index contributed by atoms with van der Waals surface area (Å²) in [5, 5.41) is 10.6. The highest BCUT2D eigenvalue weighted by atomic mass is 31.2. The molecule has 0 aliphatic carbocycles. The molecule has 0 bridgehead atoms. The second-order valence-corrected chi connectivity index (χ2v) is 31.4. The lowest BCUT2D eigenvalue weighted by Gasteiger charge is -2.21. The predicted octanol–water partition coefficient (Wildman–Crippen LogP) is 21.8. The number of aliphatic hydroxyl groups is 1. The van der Waals surface area contributed by atoms with Gasteiger partial charge < -0.3 is 33.8 Å². The van der Waals surface area contributed by atoms with Gasteiger partial charge in [0.1, 0.15) is 19.3 Å². The van der Waals surface area contributed by atoms with Gasteiger partial charge in [0.15, 0.2) is 12.2 Å². The van der Waals surface area contributed by atoms with Crippen molar-refractivity contribution in [3.8, 4) is 0 Å². The van der Waals surface area contributed by atoms with Crippen LogP contribution in [-0.2, 0) is 65.4 Å². The van der Waals surface area contributed by atoms with Crippen molar-refractivity contribution < 1.29 is 80.2 Å². The first-order valence-corrected chi connectivity index (χ1v) is 41.8. The summed E-state index contributed by atoms with van der Waals surface area (Å²) >= 11 is 0. The predicted molar refractivity (Wildman–Crippen MR) is 381 cm³/mol. The van der Waals surface area contributed by atoms with Gasteiger partial charge in [0.2, 0.25) is 0 Å². The molecule has 0 radical (unpaired) electrons. The van der Waals surface area contributed by atoms with Gasteiger partial charge in [0.05, 0.1) is 26.4 Å². The lowest BCUT2D eigenvalue weighted by Crippen LogP contribution is -2.30. The maximum absolute atomic E-state index is 13.1. The molecule has 2 unspecified atom stereocenters. The van der Waals surface area contributed by atoms with Crippen LogP contribution in [0.3, 0.4) is 0 Å². The van der Waals surface area contributed by atoms with Crippen LogP contribution in [0.15, 0.2) is 0 Å². The van der Waals surface area contributed by atoms with Crippen LogP contribution >= 0.6 is 15.6 Å². The largest absolute Gasteiger partial charge is 0.472 e. The monoisotopic (exact) mass is 1380 g/mol. The third-order valence-electron chi connectivity index (χ3n) is 17.4. The van der Waals surface area contributed by atoms with E-state index in [4.69, 9.17) is 37.0 Å². The summed E-state index contributed by atoms with van der Waals surface area (Å²) in [4.78, 5) is 72.7. The van der Waals surface area contributed by atoms with Crippen molar-refractivity contribution in [3.63, 3.8) is 0 Å². The van der Waals surface area contributed by atoms with Crippen LogP contribution in [0.2, 0.25) is 0 Å². The van der Waals surface area contributed by atoms with Crippen molar-refractivity contribution in [1.29, 1.82) is 0 Å². The van der Waals surface area contributed by atoms with Crippen molar-refractivity contribution in [2.75, 3.05) is 39.6 Å². The zero-order chi connectivity index (χ0) is 69.4. The van der Waals surface area contributed by atoms with Crippen LogP contribution in [0.5, 0.6) is 0 Å². The Bertz CT molecular complexity index is 1840. The summed E-state index contributed by atoms with van der Waals surface area (Å²) < 4.78 is 68.4. The van der Waals surface area contributed by atoms with E-state index in [-0.39, 0.29) is 25.7 Å². The van der Waals surface area contributed by atoms with Gasteiger partial charge in [-0.15, -0.1) is 0 Å². The summed E-state index contributed by atoms with van der Waals surface area (Å²) in [6.45, 7) is 11.9. The highest BCUT2D eigenvalue weighted by molar-refractivity contribution is 7.47. The molecule has 17 nitrogen and oxygen atoms in total. The van der Waals surface area contributed by atoms with Gasteiger partial charge in [-0.2, -0.15) is 0 Å². The SMILES string of the molecule is CCCCCCCCCCCCC(=O)OC[C@H](COP(=O)(O)OC[C@H](O)COP(=O)(O)OC[C@@H](COC(=O)CCCCCCCCCCCC(C)C)OC(=O)CCCCCCCCCCCCCCCCCCCCC(C)C)OC(=O)CCCCCCCCCCC(C)C. The molecule has 0 aliphatic heterocycles. The molecule has 19 heteroatoms. The van der Waals surface area contributed by atoms with E-state index in [0.29, 0.717) is 25.7 Å². The second-order valence-electron chi connectivity index (χ2n) is 28.5. The van der Waals surface area contributed by atoms with E-state index < -0.39 is 97.5 Å². The number of phosphoric acid groups is 2. The van der Waals surface area contributed by atoms with Crippen LogP contribution in [0.4, 0.5) is 0 Å². The van der Waals surface area contributed by atoms with E-state index in [0.717, 1.165) is 108 Å². The molecule has 0 saturated carbocycles. The Morgan fingerprint density at radius 3 is 0.723 bits per heavy atom. The lowest BCUT2D eigenvalue weighted by atomic mass is 10.0. The van der Waals surface area contributed by atoms with Gasteiger partial charge in [-0.25, -0.2) is 9.13 Å². The van der Waals surface area contributed by atoms with Gasteiger partial charge in [0, 0.05) is 25.7 Å². The van der Waals surface area contributed by atoms with Crippen molar-refractivity contribution in [3.05, 3.63) is 0 Å². The minimum Gasteiger partial charge on any atom is -0.462 e. The van der Waals surface area contributed by atoms with Gasteiger partial charge in [-0.1, -0.05) is 331 Å². The second kappa shape index (κ2) is 65.7. The van der Waals surface area contributed by atoms with E-state index in [1.807, 2.05) is 0 Å². The van der Waals surface area contributed by atoms with Gasteiger partial charge in [-0.3, -0.25) is 37.3 Å². The van der Waals surface area contributed by atoms with Crippen LogP contribution in [0, 0.1) is 17.8 Å². The fraction of sp³-hybridized carbons (Fsp3) is 0.947. The highest BCUT2D eigenvalue weighted by Crippen LogP contribution is 2.45. The molecule has 0 aromatic rings. The maximum Gasteiger partial charge on any atom is 0.472 e. The number of phosphoric ester groups is 2. The Balaban J connectivity index is 5.19. The first-order valence-electron chi connectivity index (χ1n) is 38.8. The number of ether oxygens (including phenoxy) is 4. The molecular formula is C75H146O17P2. The minimum atomic E-state index is -4.96. The average Bonchev–Trinajstić information content (AvgIpc) is 1.68. The molecule has 0 aromatic heterocycles. The molecule has 94 heavy (non-hydrogen) atoms. The summed E-state index contributed by atoms with van der Waals surface area (Å²) in [7, 11) is -9.91. The standard InChI is InChI=1S/C75H146O17P2/c1-8-9-10-11-12-13-27-35-42-49-56-72(77)85-63-71(92-75(80)59-52-45-38-31-30-34-41-48-55-68(6)7)65-90-94(83,84)88-61-69(76)60-87-93(81,82)89-64-70(62-86-73(78)57-50-43-36-29-24-26-33-40-47-54-67(4)5)91-74(79)58-51-44-37-28-23-21-19-17-15-14-16-18-20-22-25-32-39-46-53-66(2)3/h66-71,76H,8-65H2,1-7H3,(H,81,82)(H,83,84)/t69-,70-,71-/m1/s1. The number of unbranched alkanes of at least 4 members (excludes halogenated alkanes) is 41. The van der Waals surface area contributed by atoms with Gasteiger partial charge in [-0.05, 0) is 43.4 Å². The van der Waals surface area contributed by atoms with E-state index in [9.17, 15) is 43.2 Å².